The molecular weight excluding hydrogens is 200 g/mol. The maximum atomic E-state index is 11.4. The fourth-order valence-electron chi connectivity index (χ4n) is 1.23. The number of aromatic nitrogens is 2. The monoisotopic (exact) mass is 214 g/mol. The predicted molar refractivity (Wildman–Crippen MR) is 53.9 cm³/mol. The molecule has 1 aromatic rings. The topological polar surface area (TPSA) is 95.3 Å². The van der Waals surface area contributed by atoms with Crippen molar-refractivity contribution in [2.45, 2.75) is 26.0 Å². The highest BCUT2D eigenvalue weighted by Crippen LogP contribution is 2.07. The van der Waals surface area contributed by atoms with E-state index in [-0.39, 0.29) is 0 Å². The smallest absolute Gasteiger partial charge is 0.328 e. The van der Waals surface area contributed by atoms with Gasteiger partial charge in [0.05, 0.1) is 18.8 Å². The minimum atomic E-state index is -1.03. The number of nitrogens with one attached hydrogen (secondary N) is 1. The molecule has 0 aliphatic rings. The van der Waals surface area contributed by atoms with Crippen molar-refractivity contribution in [3.8, 4) is 0 Å². The first-order chi connectivity index (χ1) is 6.97. The van der Waals surface area contributed by atoms with Crippen molar-refractivity contribution in [1.82, 2.24) is 9.55 Å². The van der Waals surface area contributed by atoms with Crippen LogP contribution in [0.1, 0.15) is 18.5 Å². The lowest BCUT2D eigenvalue weighted by molar-refractivity contribution is 0.0558. The summed E-state index contributed by atoms with van der Waals surface area (Å²) < 4.78 is 1.19. The standard InChI is InChI=1S/C9H14N2O4/c1-5-3-11(6(2)7(13)4-12)9(15)10-8(5)14/h3,6-7,12-13H,4H2,1-2H3,(H,10,14,15)/t6?,7-/m1/s1. The molecule has 0 aliphatic carbocycles. The van der Waals surface area contributed by atoms with Crippen LogP contribution in [0.4, 0.5) is 0 Å². The zero-order valence-corrected chi connectivity index (χ0v) is 8.60. The van der Waals surface area contributed by atoms with Gasteiger partial charge in [-0.05, 0) is 13.8 Å². The Labute approximate surface area is 85.8 Å². The Balaban J connectivity index is 3.21. The summed E-state index contributed by atoms with van der Waals surface area (Å²) >= 11 is 0. The van der Waals surface area contributed by atoms with E-state index in [1.165, 1.54) is 10.8 Å². The van der Waals surface area contributed by atoms with Crippen LogP contribution in [-0.2, 0) is 0 Å². The average molecular weight is 214 g/mol. The first-order valence-electron chi connectivity index (χ1n) is 4.58. The van der Waals surface area contributed by atoms with Gasteiger partial charge in [-0.2, -0.15) is 0 Å². The molecule has 0 radical (unpaired) electrons. The van der Waals surface area contributed by atoms with Gasteiger partial charge in [-0.3, -0.25) is 14.3 Å². The van der Waals surface area contributed by atoms with E-state index in [0.29, 0.717) is 5.56 Å². The second-order valence-electron chi connectivity index (χ2n) is 3.47. The van der Waals surface area contributed by atoms with Crippen molar-refractivity contribution in [1.29, 1.82) is 0 Å². The van der Waals surface area contributed by atoms with Gasteiger partial charge in [0.15, 0.2) is 0 Å². The zero-order valence-electron chi connectivity index (χ0n) is 8.60. The third-order valence-electron chi connectivity index (χ3n) is 2.33. The number of aliphatic hydroxyl groups is 2. The highest BCUT2D eigenvalue weighted by Gasteiger charge is 2.16. The molecule has 6 heteroatoms. The molecule has 1 rings (SSSR count). The summed E-state index contributed by atoms with van der Waals surface area (Å²) in [6.45, 7) is 2.71. The number of H-pyrrole nitrogens is 1. The Hall–Kier alpha value is -1.40. The second kappa shape index (κ2) is 4.41. The maximum absolute atomic E-state index is 11.4. The van der Waals surface area contributed by atoms with Gasteiger partial charge in [-0.25, -0.2) is 4.79 Å². The zero-order chi connectivity index (χ0) is 11.6. The van der Waals surface area contributed by atoms with Crippen LogP contribution in [0, 0.1) is 6.92 Å². The molecule has 0 saturated carbocycles. The lowest BCUT2D eigenvalue weighted by Gasteiger charge is -2.19. The van der Waals surface area contributed by atoms with Crippen LogP contribution in [0.3, 0.4) is 0 Å². The largest absolute Gasteiger partial charge is 0.394 e. The number of rotatable bonds is 3. The molecule has 84 valence electrons. The molecule has 6 nitrogen and oxygen atoms in total. The van der Waals surface area contributed by atoms with Crippen molar-refractivity contribution in [2.75, 3.05) is 6.61 Å². The van der Waals surface area contributed by atoms with E-state index >= 15 is 0 Å². The summed E-state index contributed by atoms with van der Waals surface area (Å²) in [5, 5.41) is 18.1. The summed E-state index contributed by atoms with van der Waals surface area (Å²) in [6.07, 6.45) is 0.332. The molecule has 0 aromatic carbocycles. The Morgan fingerprint density at radius 2 is 2.13 bits per heavy atom. The summed E-state index contributed by atoms with van der Waals surface area (Å²) in [5.41, 5.74) is -0.654. The third-order valence-corrected chi connectivity index (χ3v) is 2.33. The predicted octanol–water partition coefficient (Wildman–Crippen LogP) is -1.24. The Morgan fingerprint density at radius 1 is 1.53 bits per heavy atom. The lowest BCUT2D eigenvalue weighted by Crippen LogP contribution is -2.37. The van der Waals surface area contributed by atoms with Gasteiger partial charge >= 0.3 is 5.69 Å². The fraction of sp³-hybridized carbons (Fsp3) is 0.556. The molecular formula is C9H14N2O4. The lowest BCUT2D eigenvalue weighted by atomic mass is 10.2. The maximum Gasteiger partial charge on any atom is 0.328 e. The Kier molecular flexibility index (Phi) is 3.43. The van der Waals surface area contributed by atoms with E-state index in [1.807, 2.05) is 0 Å². The minimum absolute atomic E-state index is 0.381. The molecule has 1 aromatic heterocycles. The quantitative estimate of drug-likeness (QED) is 0.586. The molecule has 2 atom stereocenters. The van der Waals surface area contributed by atoms with Crippen LogP contribution in [0.2, 0.25) is 0 Å². The second-order valence-corrected chi connectivity index (χ2v) is 3.47. The van der Waals surface area contributed by atoms with Gasteiger partial charge in [0.25, 0.3) is 5.56 Å². The number of hydrogen-bond donors (Lipinski definition) is 3. The average Bonchev–Trinajstić information content (AvgIpc) is 2.21. The molecule has 1 heterocycles. The number of aliphatic hydroxyl groups excluding tert-OH is 2. The number of hydrogen-bond acceptors (Lipinski definition) is 4. The van der Waals surface area contributed by atoms with E-state index < -0.39 is 30.0 Å². The van der Waals surface area contributed by atoms with Gasteiger partial charge in [0, 0.05) is 11.8 Å². The first-order valence-corrected chi connectivity index (χ1v) is 4.58. The molecule has 0 spiro atoms. The van der Waals surface area contributed by atoms with Crippen LogP contribution in [0.15, 0.2) is 15.8 Å². The number of aryl methyl sites for hydroxylation is 1. The molecule has 0 amide bonds. The molecule has 0 fully saturated rings. The number of nitrogens with zero attached hydrogens (tertiary/aromatic N) is 1. The first kappa shape index (κ1) is 11.7. The fourth-order valence-corrected chi connectivity index (χ4v) is 1.23. The van der Waals surface area contributed by atoms with E-state index in [0.717, 1.165) is 0 Å². The highest BCUT2D eigenvalue weighted by molar-refractivity contribution is 5.01. The van der Waals surface area contributed by atoms with Crippen LogP contribution in [0.5, 0.6) is 0 Å². The Bertz CT molecular complexity index is 448. The van der Waals surface area contributed by atoms with Gasteiger partial charge in [0.2, 0.25) is 0 Å². The summed E-state index contributed by atoms with van der Waals surface area (Å²) in [6, 6.07) is -0.585. The highest BCUT2D eigenvalue weighted by atomic mass is 16.3. The molecule has 1 unspecified atom stereocenters. The van der Waals surface area contributed by atoms with E-state index in [4.69, 9.17) is 5.11 Å². The summed E-state index contributed by atoms with van der Waals surface area (Å²) in [5.74, 6) is 0. The van der Waals surface area contributed by atoms with Crippen molar-refractivity contribution >= 4 is 0 Å². The van der Waals surface area contributed by atoms with Crippen molar-refractivity contribution in [2.24, 2.45) is 0 Å². The van der Waals surface area contributed by atoms with Gasteiger partial charge < -0.3 is 10.2 Å². The Morgan fingerprint density at radius 3 is 2.67 bits per heavy atom. The molecule has 15 heavy (non-hydrogen) atoms. The van der Waals surface area contributed by atoms with E-state index in [2.05, 4.69) is 4.98 Å². The van der Waals surface area contributed by atoms with E-state index in [1.54, 1.807) is 13.8 Å². The van der Waals surface area contributed by atoms with E-state index in [9.17, 15) is 14.7 Å². The number of aromatic amines is 1. The molecule has 3 N–H and O–H groups in total. The molecule has 0 aliphatic heterocycles. The van der Waals surface area contributed by atoms with Crippen LogP contribution in [-0.4, -0.2) is 32.5 Å². The van der Waals surface area contributed by atoms with Crippen molar-refractivity contribution in [3.63, 3.8) is 0 Å². The minimum Gasteiger partial charge on any atom is -0.394 e. The van der Waals surface area contributed by atoms with Gasteiger partial charge in [-0.1, -0.05) is 0 Å². The SMILES string of the molecule is Cc1cn(C(C)[C@H](O)CO)c(=O)[nH]c1=O. The van der Waals surface area contributed by atoms with Crippen LogP contribution < -0.4 is 11.2 Å². The van der Waals surface area contributed by atoms with Gasteiger partial charge in [0.1, 0.15) is 0 Å². The third kappa shape index (κ3) is 2.34. The van der Waals surface area contributed by atoms with Gasteiger partial charge in [-0.15, -0.1) is 0 Å². The summed E-state index contributed by atoms with van der Waals surface area (Å²) in [7, 11) is 0. The van der Waals surface area contributed by atoms with Crippen LogP contribution >= 0.6 is 0 Å². The molecule has 0 saturated heterocycles. The van der Waals surface area contributed by atoms with Crippen LogP contribution in [0.25, 0.3) is 0 Å². The normalized spacial score (nSPS) is 14.9. The summed E-state index contributed by atoms with van der Waals surface area (Å²) in [4.78, 5) is 24.6. The molecule has 0 bridgehead atoms. The van der Waals surface area contributed by atoms with Crippen molar-refractivity contribution < 1.29 is 10.2 Å². The van der Waals surface area contributed by atoms with Crippen molar-refractivity contribution in [3.05, 3.63) is 32.6 Å².